The highest BCUT2D eigenvalue weighted by Gasteiger charge is 2.31. The molecule has 2 saturated heterocycles. The number of carbonyl (C=O) groups excluding carboxylic acids is 2. The van der Waals surface area contributed by atoms with Crippen LogP contribution in [0.5, 0.6) is 0 Å². The maximum absolute atomic E-state index is 13.3. The minimum Gasteiger partial charge on any atom is -0.444 e. The predicted molar refractivity (Wildman–Crippen MR) is 152 cm³/mol. The van der Waals surface area contributed by atoms with E-state index < -0.39 is 17.3 Å². The molecule has 7 nitrogen and oxygen atoms in total. The molecule has 2 aliphatic heterocycles. The number of hydrogen-bond donors (Lipinski definition) is 0. The number of aromatic nitrogens is 1. The Bertz CT molecular complexity index is 1380. The number of benzene rings is 2. The standard InChI is InChI=1S/C30H35F3N4O3S/c1-29(2,3)40-28(39)37-12-10-21(11-13-37)22-6-9-25-24(18-22)34-26(41-25)27(38)36-16-14-35(15-17-36)19-20-4-7-23(8-5-20)30(31,32)33/h4-9,18,21H,10-17,19H2,1-3H3. The van der Waals surface area contributed by atoms with Crippen molar-refractivity contribution in [1.82, 2.24) is 19.7 Å². The Morgan fingerprint density at radius 2 is 1.59 bits per heavy atom. The number of piperazine rings is 1. The highest BCUT2D eigenvalue weighted by Crippen LogP contribution is 2.33. The molecule has 3 heterocycles. The number of halogens is 3. The third kappa shape index (κ3) is 7.19. The number of hydrogen-bond acceptors (Lipinski definition) is 6. The maximum atomic E-state index is 13.3. The molecule has 0 atom stereocenters. The Labute approximate surface area is 241 Å². The Hall–Kier alpha value is -3.18. The number of rotatable bonds is 4. The van der Waals surface area contributed by atoms with Crippen molar-refractivity contribution in [2.75, 3.05) is 39.3 Å². The van der Waals surface area contributed by atoms with Crippen molar-refractivity contribution < 1.29 is 27.5 Å². The van der Waals surface area contributed by atoms with Gasteiger partial charge in [0.05, 0.1) is 15.8 Å². The summed E-state index contributed by atoms with van der Waals surface area (Å²) < 4.78 is 44.9. The van der Waals surface area contributed by atoms with Crippen LogP contribution in [0.25, 0.3) is 10.2 Å². The third-order valence-electron chi connectivity index (χ3n) is 7.56. The number of ether oxygens (including phenoxy) is 1. The van der Waals surface area contributed by atoms with Crippen molar-refractivity contribution in [2.24, 2.45) is 0 Å². The molecule has 0 N–H and O–H groups in total. The van der Waals surface area contributed by atoms with Gasteiger partial charge in [-0.25, -0.2) is 9.78 Å². The summed E-state index contributed by atoms with van der Waals surface area (Å²) in [7, 11) is 0. The van der Waals surface area contributed by atoms with E-state index in [1.54, 1.807) is 9.80 Å². The van der Waals surface area contributed by atoms with Crippen molar-refractivity contribution in [2.45, 2.75) is 57.9 Å². The van der Waals surface area contributed by atoms with Gasteiger partial charge in [0.25, 0.3) is 5.91 Å². The van der Waals surface area contributed by atoms with Gasteiger partial charge in [-0.2, -0.15) is 13.2 Å². The molecule has 0 saturated carbocycles. The molecule has 0 aliphatic carbocycles. The minimum absolute atomic E-state index is 0.0902. The van der Waals surface area contributed by atoms with E-state index in [0.717, 1.165) is 40.8 Å². The summed E-state index contributed by atoms with van der Waals surface area (Å²) in [6.07, 6.45) is -2.92. The predicted octanol–water partition coefficient (Wildman–Crippen LogP) is 6.39. The third-order valence-corrected chi connectivity index (χ3v) is 8.58. The molecule has 3 aromatic rings. The zero-order valence-corrected chi connectivity index (χ0v) is 24.4. The van der Waals surface area contributed by atoms with Gasteiger partial charge in [-0.05, 0) is 74.9 Å². The van der Waals surface area contributed by atoms with E-state index in [1.807, 2.05) is 26.8 Å². The first kappa shape index (κ1) is 29.3. The molecular formula is C30H35F3N4O3S. The maximum Gasteiger partial charge on any atom is 0.416 e. The molecule has 1 aromatic heterocycles. The van der Waals surface area contributed by atoms with Crippen molar-refractivity contribution in [3.8, 4) is 0 Å². The number of fused-ring (bicyclic) bond motifs is 1. The van der Waals surface area contributed by atoms with Gasteiger partial charge >= 0.3 is 12.3 Å². The van der Waals surface area contributed by atoms with Crippen LogP contribution < -0.4 is 0 Å². The Kier molecular flexibility index (Phi) is 8.29. The average Bonchev–Trinajstić information content (AvgIpc) is 3.36. The number of amides is 2. The highest BCUT2D eigenvalue weighted by molar-refractivity contribution is 7.20. The largest absolute Gasteiger partial charge is 0.444 e. The molecule has 220 valence electrons. The summed E-state index contributed by atoms with van der Waals surface area (Å²) in [6.45, 7) is 9.79. The number of alkyl halides is 3. The zero-order valence-electron chi connectivity index (χ0n) is 23.5. The van der Waals surface area contributed by atoms with Crippen molar-refractivity contribution in [3.05, 3.63) is 64.2 Å². The summed E-state index contributed by atoms with van der Waals surface area (Å²) in [6, 6.07) is 11.4. The van der Waals surface area contributed by atoms with Gasteiger partial charge in [-0.15, -0.1) is 11.3 Å². The normalized spacial score (nSPS) is 17.7. The summed E-state index contributed by atoms with van der Waals surface area (Å²) in [5.41, 5.74) is 1.63. The quantitative estimate of drug-likeness (QED) is 0.354. The van der Waals surface area contributed by atoms with Crippen LogP contribution in [0.2, 0.25) is 0 Å². The van der Waals surface area contributed by atoms with Gasteiger partial charge in [-0.1, -0.05) is 18.2 Å². The molecule has 11 heteroatoms. The van der Waals surface area contributed by atoms with Crippen LogP contribution in [-0.2, 0) is 17.5 Å². The monoisotopic (exact) mass is 588 g/mol. The van der Waals surface area contributed by atoms with Crippen LogP contribution in [0.1, 0.15) is 66.0 Å². The second-order valence-electron chi connectivity index (χ2n) is 11.8. The molecule has 0 unspecified atom stereocenters. The second-order valence-corrected chi connectivity index (χ2v) is 12.8. The lowest BCUT2D eigenvalue weighted by Gasteiger charge is -2.34. The fourth-order valence-corrected chi connectivity index (χ4v) is 6.23. The van der Waals surface area contributed by atoms with Gasteiger partial charge < -0.3 is 14.5 Å². The van der Waals surface area contributed by atoms with Gasteiger partial charge in [0, 0.05) is 45.8 Å². The summed E-state index contributed by atoms with van der Waals surface area (Å²) in [5, 5.41) is 0.466. The second kappa shape index (κ2) is 11.6. The highest BCUT2D eigenvalue weighted by atomic mass is 32.1. The van der Waals surface area contributed by atoms with E-state index in [-0.39, 0.29) is 12.0 Å². The molecule has 5 rings (SSSR count). The topological polar surface area (TPSA) is 66.0 Å². The number of likely N-dealkylation sites (tertiary alicyclic amines) is 1. The fourth-order valence-electron chi connectivity index (χ4n) is 5.31. The number of piperidine rings is 1. The molecule has 2 aliphatic rings. The molecule has 41 heavy (non-hydrogen) atoms. The SMILES string of the molecule is CC(C)(C)OC(=O)N1CCC(c2ccc3sc(C(=O)N4CCN(Cc5ccc(C(F)(F)F)cc5)CC4)nc3c2)CC1. The first-order valence-corrected chi connectivity index (χ1v) is 14.7. The lowest BCUT2D eigenvalue weighted by molar-refractivity contribution is -0.137. The van der Waals surface area contributed by atoms with Crippen LogP contribution in [0.15, 0.2) is 42.5 Å². The lowest BCUT2D eigenvalue weighted by atomic mass is 9.89. The van der Waals surface area contributed by atoms with E-state index >= 15 is 0 Å². The molecule has 2 amide bonds. The molecule has 2 fully saturated rings. The lowest BCUT2D eigenvalue weighted by Crippen LogP contribution is -2.48. The van der Waals surface area contributed by atoms with Crippen molar-refractivity contribution in [3.63, 3.8) is 0 Å². The summed E-state index contributed by atoms with van der Waals surface area (Å²) >= 11 is 1.39. The number of nitrogens with zero attached hydrogens (tertiary/aromatic N) is 4. The van der Waals surface area contributed by atoms with Crippen LogP contribution in [0.3, 0.4) is 0 Å². The van der Waals surface area contributed by atoms with E-state index in [0.29, 0.717) is 56.7 Å². The summed E-state index contributed by atoms with van der Waals surface area (Å²) in [4.78, 5) is 36.0. The van der Waals surface area contributed by atoms with Gasteiger partial charge in [0.1, 0.15) is 5.60 Å². The van der Waals surface area contributed by atoms with Gasteiger partial charge in [-0.3, -0.25) is 9.69 Å². The molecule has 2 aromatic carbocycles. The smallest absolute Gasteiger partial charge is 0.416 e. The van der Waals surface area contributed by atoms with Crippen molar-refractivity contribution in [1.29, 1.82) is 0 Å². The van der Waals surface area contributed by atoms with Crippen LogP contribution in [-0.4, -0.2) is 76.6 Å². The average molecular weight is 589 g/mol. The first-order valence-electron chi connectivity index (χ1n) is 13.9. The van der Waals surface area contributed by atoms with E-state index in [1.165, 1.54) is 29.0 Å². The molecule has 0 bridgehead atoms. The van der Waals surface area contributed by atoms with Crippen LogP contribution >= 0.6 is 11.3 Å². The van der Waals surface area contributed by atoms with Gasteiger partial charge in [0.2, 0.25) is 0 Å². The van der Waals surface area contributed by atoms with E-state index in [9.17, 15) is 22.8 Å². The van der Waals surface area contributed by atoms with E-state index in [4.69, 9.17) is 4.74 Å². The van der Waals surface area contributed by atoms with Gasteiger partial charge in [0.15, 0.2) is 5.01 Å². The number of thiazole rings is 1. The Morgan fingerprint density at radius 3 is 2.20 bits per heavy atom. The fraction of sp³-hybridized carbons (Fsp3) is 0.500. The van der Waals surface area contributed by atoms with E-state index in [2.05, 4.69) is 22.0 Å². The van der Waals surface area contributed by atoms with Crippen LogP contribution in [0.4, 0.5) is 18.0 Å². The zero-order chi connectivity index (χ0) is 29.4. The van der Waals surface area contributed by atoms with Crippen molar-refractivity contribution >= 4 is 33.6 Å². The Balaban J connectivity index is 1.15. The Morgan fingerprint density at radius 1 is 0.927 bits per heavy atom. The molecule has 0 spiro atoms. The first-order chi connectivity index (χ1) is 19.4. The minimum atomic E-state index is -4.34. The summed E-state index contributed by atoms with van der Waals surface area (Å²) in [5.74, 6) is 0.226. The molecule has 0 radical (unpaired) electrons. The molecular weight excluding hydrogens is 553 g/mol. The van der Waals surface area contributed by atoms with Crippen LogP contribution in [0, 0.1) is 0 Å². The number of carbonyl (C=O) groups is 2.